The number of nitrogens with zero attached hydrogens (tertiary/aromatic N) is 2. The Bertz CT molecular complexity index is 374. The molecule has 1 unspecified atom stereocenters. The zero-order valence-electron chi connectivity index (χ0n) is 12.4. The lowest BCUT2D eigenvalue weighted by Gasteiger charge is -2.33. The lowest BCUT2D eigenvalue weighted by atomic mass is 9.95. The summed E-state index contributed by atoms with van der Waals surface area (Å²) in [6, 6.07) is 0. The van der Waals surface area contributed by atoms with Crippen molar-refractivity contribution in [3.63, 3.8) is 0 Å². The van der Waals surface area contributed by atoms with E-state index in [9.17, 15) is 19.6 Å². The molecule has 1 heterocycles. The third-order valence-electron chi connectivity index (χ3n) is 3.87. The third kappa shape index (κ3) is 5.34. The molecule has 2 atom stereocenters. The summed E-state index contributed by atoms with van der Waals surface area (Å²) in [6.07, 6.45) is 3.84. The van der Waals surface area contributed by atoms with Crippen LogP contribution in [0.25, 0.3) is 0 Å². The van der Waals surface area contributed by atoms with Crippen LogP contribution in [0.4, 0.5) is 0 Å². The highest BCUT2D eigenvalue weighted by molar-refractivity contribution is 5.80. The Kier molecular flexibility index (Phi) is 7.14. The molecule has 0 aromatic rings. The van der Waals surface area contributed by atoms with Gasteiger partial charge in [-0.15, -0.1) is 0 Å². The zero-order chi connectivity index (χ0) is 15.8. The molecule has 0 aliphatic carbocycles. The number of rotatable bonds is 8. The van der Waals surface area contributed by atoms with Crippen LogP contribution < -0.4 is 0 Å². The van der Waals surface area contributed by atoms with Gasteiger partial charge in [0.1, 0.15) is 0 Å². The van der Waals surface area contributed by atoms with Crippen LogP contribution in [0.5, 0.6) is 0 Å². The van der Waals surface area contributed by atoms with E-state index in [2.05, 4.69) is 0 Å². The number of aliphatic carboxylic acids is 1. The lowest BCUT2D eigenvalue weighted by Crippen LogP contribution is -2.47. The number of amides is 2. The van der Waals surface area contributed by atoms with Gasteiger partial charge in [-0.05, 0) is 19.3 Å². The van der Waals surface area contributed by atoms with Crippen LogP contribution in [0.2, 0.25) is 0 Å². The summed E-state index contributed by atoms with van der Waals surface area (Å²) >= 11 is 0. The van der Waals surface area contributed by atoms with Gasteiger partial charge in [0.2, 0.25) is 12.3 Å². The van der Waals surface area contributed by atoms with Crippen molar-refractivity contribution in [1.29, 1.82) is 0 Å². The first kappa shape index (κ1) is 17.4. The third-order valence-corrected chi connectivity index (χ3v) is 3.87. The fraction of sp³-hybridized carbons (Fsp3) is 0.786. The van der Waals surface area contributed by atoms with E-state index in [-0.39, 0.29) is 25.4 Å². The largest absolute Gasteiger partial charge is 0.481 e. The molecule has 0 aromatic heterocycles. The highest BCUT2D eigenvalue weighted by Gasteiger charge is 2.32. The SMILES string of the molecule is CCCC[C@H](CN(O)C=O)C(=O)N1CCCC(C(=O)O)C1. The number of likely N-dealkylation sites (tertiary alicyclic amines) is 1. The second-order valence-corrected chi connectivity index (χ2v) is 5.53. The fourth-order valence-corrected chi connectivity index (χ4v) is 2.65. The Morgan fingerprint density at radius 1 is 1.48 bits per heavy atom. The maximum atomic E-state index is 12.5. The van der Waals surface area contributed by atoms with Gasteiger partial charge in [0.15, 0.2) is 0 Å². The minimum Gasteiger partial charge on any atom is -0.481 e. The van der Waals surface area contributed by atoms with E-state index in [1.165, 1.54) is 0 Å². The number of hydrogen-bond acceptors (Lipinski definition) is 4. The number of carbonyl (C=O) groups is 3. The van der Waals surface area contributed by atoms with Crippen molar-refractivity contribution >= 4 is 18.3 Å². The molecule has 0 aromatic carbocycles. The van der Waals surface area contributed by atoms with Crippen molar-refractivity contribution in [3.8, 4) is 0 Å². The summed E-state index contributed by atoms with van der Waals surface area (Å²) in [7, 11) is 0. The van der Waals surface area contributed by atoms with Crippen molar-refractivity contribution in [2.24, 2.45) is 11.8 Å². The van der Waals surface area contributed by atoms with Crippen LogP contribution in [0, 0.1) is 11.8 Å². The van der Waals surface area contributed by atoms with Gasteiger partial charge in [0, 0.05) is 13.1 Å². The van der Waals surface area contributed by atoms with E-state index in [1.54, 1.807) is 4.90 Å². The number of carboxylic acid groups (broad SMARTS) is 1. The Balaban J connectivity index is 2.68. The second-order valence-electron chi connectivity index (χ2n) is 5.53. The molecule has 1 saturated heterocycles. The molecule has 0 spiro atoms. The van der Waals surface area contributed by atoms with E-state index < -0.39 is 17.8 Å². The highest BCUT2D eigenvalue weighted by atomic mass is 16.5. The lowest BCUT2D eigenvalue weighted by molar-refractivity contribution is -0.158. The minimum absolute atomic E-state index is 0.0451. The van der Waals surface area contributed by atoms with Crippen molar-refractivity contribution in [1.82, 2.24) is 9.96 Å². The van der Waals surface area contributed by atoms with Crippen LogP contribution >= 0.6 is 0 Å². The number of hydrogen-bond donors (Lipinski definition) is 2. The standard InChI is InChI=1S/C14H24N2O5/c1-2-3-5-11(9-16(21)10-17)13(18)15-7-4-6-12(8-15)14(19)20/h10-12,21H,2-9H2,1H3,(H,19,20)/t11-,12?/m1/s1. The number of carbonyl (C=O) groups excluding carboxylic acids is 2. The number of piperidine rings is 1. The molecule has 0 radical (unpaired) electrons. The number of carboxylic acids is 1. The van der Waals surface area contributed by atoms with E-state index in [1.807, 2.05) is 6.92 Å². The predicted molar refractivity (Wildman–Crippen MR) is 74.5 cm³/mol. The molecule has 7 heteroatoms. The summed E-state index contributed by atoms with van der Waals surface area (Å²) < 4.78 is 0. The maximum absolute atomic E-state index is 12.5. The zero-order valence-corrected chi connectivity index (χ0v) is 12.4. The van der Waals surface area contributed by atoms with Crippen LogP contribution in [-0.2, 0) is 14.4 Å². The average molecular weight is 300 g/mol. The smallest absolute Gasteiger partial charge is 0.308 e. The molecule has 1 aliphatic heterocycles. The van der Waals surface area contributed by atoms with Gasteiger partial charge in [0.25, 0.3) is 0 Å². The van der Waals surface area contributed by atoms with Gasteiger partial charge in [-0.2, -0.15) is 0 Å². The van der Waals surface area contributed by atoms with Crippen LogP contribution in [0.3, 0.4) is 0 Å². The molecule has 0 bridgehead atoms. The quantitative estimate of drug-likeness (QED) is 0.395. The van der Waals surface area contributed by atoms with E-state index in [0.717, 1.165) is 12.8 Å². The molecule has 2 amide bonds. The predicted octanol–water partition coefficient (Wildman–Crippen LogP) is 0.964. The van der Waals surface area contributed by atoms with Gasteiger partial charge in [0.05, 0.1) is 18.4 Å². The number of hydroxylamine groups is 2. The molecule has 1 aliphatic rings. The number of unbranched alkanes of at least 4 members (excludes halogenated alkanes) is 1. The molecule has 1 fully saturated rings. The molecule has 1 rings (SSSR count). The topological polar surface area (TPSA) is 98.2 Å². The van der Waals surface area contributed by atoms with Crippen LogP contribution in [0.15, 0.2) is 0 Å². The maximum Gasteiger partial charge on any atom is 0.308 e. The van der Waals surface area contributed by atoms with Crippen molar-refractivity contribution in [2.75, 3.05) is 19.6 Å². The first-order valence-corrected chi connectivity index (χ1v) is 7.42. The molecule has 21 heavy (non-hydrogen) atoms. The Morgan fingerprint density at radius 2 is 2.19 bits per heavy atom. The summed E-state index contributed by atoms with van der Waals surface area (Å²) in [6.45, 7) is 2.71. The average Bonchev–Trinajstić information content (AvgIpc) is 2.50. The second kappa shape index (κ2) is 8.61. The van der Waals surface area contributed by atoms with Crippen LogP contribution in [0.1, 0.15) is 39.0 Å². The Morgan fingerprint density at radius 3 is 2.76 bits per heavy atom. The Hall–Kier alpha value is -1.63. The van der Waals surface area contributed by atoms with Crippen molar-refractivity contribution < 1.29 is 24.7 Å². The van der Waals surface area contributed by atoms with Gasteiger partial charge >= 0.3 is 5.97 Å². The first-order valence-electron chi connectivity index (χ1n) is 7.42. The van der Waals surface area contributed by atoms with E-state index in [0.29, 0.717) is 30.9 Å². The summed E-state index contributed by atoms with van der Waals surface area (Å²) in [5, 5.41) is 18.9. The van der Waals surface area contributed by atoms with E-state index in [4.69, 9.17) is 5.11 Å². The van der Waals surface area contributed by atoms with Gasteiger partial charge in [-0.1, -0.05) is 19.8 Å². The van der Waals surface area contributed by atoms with E-state index >= 15 is 0 Å². The van der Waals surface area contributed by atoms with Crippen molar-refractivity contribution in [3.05, 3.63) is 0 Å². The van der Waals surface area contributed by atoms with Gasteiger partial charge < -0.3 is 10.0 Å². The molecule has 0 saturated carbocycles. The summed E-state index contributed by atoms with van der Waals surface area (Å²) in [4.78, 5) is 35.6. The molecular weight excluding hydrogens is 276 g/mol. The fourth-order valence-electron chi connectivity index (χ4n) is 2.65. The Labute approximate surface area is 124 Å². The monoisotopic (exact) mass is 300 g/mol. The van der Waals surface area contributed by atoms with Crippen molar-refractivity contribution in [2.45, 2.75) is 39.0 Å². The normalized spacial score (nSPS) is 19.9. The molecule has 120 valence electrons. The van der Waals surface area contributed by atoms with Gasteiger partial charge in [-0.3, -0.25) is 19.6 Å². The van der Waals surface area contributed by atoms with Gasteiger partial charge in [-0.25, -0.2) is 5.06 Å². The minimum atomic E-state index is -0.880. The molecular formula is C14H24N2O5. The van der Waals surface area contributed by atoms with Crippen LogP contribution in [-0.4, -0.2) is 58.2 Å². The molecule has 7 nitrogen and oxygen atoms in total. The summed E-state index contributed by atoms with van der Waals surface area (Å²) in [5.41, 5.74) is 0. The highest BCUT2D eigenvalue weighted by Crippen LogP contribution is 2.21. The molecule has 2 N–H and O–H groups in total. The first-order chi connectivity index (χ1) is 9.99. The summed E-state index contributed by atoms with van der Waals surface area (Å²) in [5.74, 6) is -2.05.